The van der Waals surface area contributed by atoms with E-state index in [1.54, 1.807) is 0 Å². The molecule has 5 nitrogen and oxygen atoms in total. The minimum atomic E-state index is -2.93. The van der Waals surface area contributed by atoms with E-state index in [0.717, 1.165) is 31.8 Å². The summed E-state index contributed by atoms with van der Waals surface area (Å²) in [5.41, 5.74) is 0. The van der Waals surface area contributed by atoms with Gasteiger partial charge in [0.2, 0.25) is 5.91 Å². The van der Waals surface area contributed by atoms with Gasteiger partial charge >= 0.3 is 0 Å². The standard InChI is InChI=1S/C13H24N2O3S/c1-10-3-6-15(7-4-10)11(2)13(16)14-12-5-8-19(17,18)9-12/h10-12H,3-9H2,1-2H3,(H,14,16)/t11-,12-/m1/s1. The number of hydrogen-bond donors (Lipinski definition) is 1. The van der Waals surface area contributed by atoms with Crippen LogP contribution in [0.3, 0.4) is 0 Å². The molecular weight excluding hydrogens is 264 g/mol. The predicted molar refractivity (Wildman–Crippen MR) is 74.6 cm³/mol. The van der Waals surface area contributed by atoms with E-state index in [1.165, 1.54) is 0 Å². The third-order valence-corrected chi connectivity index (χ3v) is 6.09. The number of piperidine rings is 1. The third-order valence-electron chi connectivity index (χ3n) is 4.32. The Bertz CT molecular complexity index is 427. The number of amides is 1. The van der Waals surface area contributed by atoms with Crippen LogP contribution in [-0.4, -0.2) is 55.9 Å². The van der Waals surface area contributed by atoms with Crippen molar-refractivity contribution in [3.8, 4) is 0 Å². The summed E-state index contributed by atoms with van der Waals surface area (Å²) in [5, 5.41) is 2.88. The van der Waals surface area contributed by atoms with E-state index >= 15 is 0 Å². The van der Waals surface area contributed by atoms with E-state index in [4.69, 9.17) is 0 Å². The van der Waals surface area contributed by atoms with Crippen LogP contribution in [0.2, 0.25) is 0 Å². The van der Waals surface area contributed by atoms with Crippen molar-refractivity contribution in [2.75, 3.05) is 24.6 Å². The second-order valence-corrected chi connectivity index (χ2v) is 8.23. The van der Waals surface area contributed by atoms with Crippen molar-refractivity contribution in [2.24, 2.45) is 5.92 Å². The maximum atomic E-state index is 12.1. The molecule has 0 bridgehead atoms. The van der Waals surface area contributed by atoms with Crippen LogP contribution in [0.25, 0.3) is 0 Å². The maximum Gasteiger partial charge on any atom is 0.237 e. The van der Waals surface area contributed by atoms with Crippen LogP contribution in [0.4, 0.5) is 0 Å². The van der Waals surface area contributed by atoms with Gasteiger partial charge in [-0.25, -0.2) is 8.42 Å². The first-order valence-electron chi connectivity index (χ1n) is 7.12. The molecule has 110 valence electrons. The fraction of sp³-hybridized carbons (Fsp3) is 0.923. The number of carbonyl (C=O) groups excluding carboxylic acids is 1. The summed E-state index contributed by atoms with van der Waals surface area (Å²) in [6, 6.07) is -0.348. The number of nitrogens with zero attached hydrogens (tertiary/aromatic N) is 1. The van der Waals surface area contributed by atoms with Crippen molar-refractivity contribution in [2.45, 2.75) is 45.2 Å². The molecule has 2 aliphatic heterocycles. The average Bonchev–Trinajstić information content (AvgIpc) is 2.68. The Kier molecular flexibility index (Phi) is 4.50. The summed E-state index contributed by atoms with van der Waals surface area (Å²) in [7, 11) is -2.93. The summed E-state index contributed by atoms with van der Waals surface area (Å²) in [6.07, 6.45) is 2.82. The minimum Gasteiger partial charge on any atom is -0.351 e. The largest absolute Gasteiger partial charge is 0.351 e. The SMILES string of the molecule is CC1CCN([C@H](C)C(=O)N[C@@H]2CCS(=O)(=O)C2)CC1. The molecule has 2 saturated heterocycles. The first-order chi connectivity index (χ1) is 8.87. The molecule has 0 aliphatic carbocycles. The summed E-state index contributed by atoms with van der Waals surface area (Å²) >= 11 is 0. The van der Waals surface area contributed by atoms with Crippen molar-refractivity contribution in [1.29, 1.82) is 0 Å². The highest BCUT2D eigenvalue weighted by atomic mass is 32.2. The molecule has 0 unspecified atom stereocenters. The first-order valence-corrected chi connectivity index (χ1v) is 8.94. The number of carbonyl (C=O) groups is 1. The molecule has 0 saturated carbocycles. The minimum absolute atomic E-state index is 0.0309. The molecule has 0 aromatic rings. The van der Waals surface area contributed by atoms with Crippen LogP contribution in [0, 0.1) is 5.92 Å². The van der Waals surface area contributed by atoms with E-state index in [1.807, 2.05) is 6.92 Å². The zero-order valence-corrected chi connectivity index (χ0v) is 12.6. The Balaban J connectivity index is 1.83. The maximum absolute atomic E-state index is 12.1. The lowest BCUT2D eigenvalue weighted by atomic mass is 9.98. The van der Waals surface area contributed by atoms with Gasteiger partial charge in [-0.2, -0.15) is 0 Å². The third kappa shape index (κ3) is 3.92. The topological polar surface area (TPSA) is 66.5 Å². The quantitative estimate of drug-likeness (QED) is 0.817. The summed E-state index contributed by atoms with van der Waals surface area (Å²) in [4.78, 5) is 14.3. The van der Waals surface area contributed by atoms with E-state index < -0.39 is 9.84 Å². The molecule has 0 aromatic heterocycles. The smallest absolute Gasteiger partial charge is 0.237 e. The summed E-state index contributed by atoms with van der Waals surface area (Å²) in [6.45, 7) is 6.07. The Hall–Kier alpha value is -0.620. The average molecular weight is 288 g/mol. The molecule has 19 heavy (non-hydrogen) atoms. The number of hydrogen-bond acceptors (Lipinski definition) is 4. The van der Waals surface area contributed by atoms with E-state index in [-0.39, 0.29) is 29.5 Å². The highest BCUT2D eigenvalue weighted by Gasteiger charge is 2.31. The Labute approximate surface area is 115 Å². The zero-order valence-electron chi connectivity index (χ0n) is 11.8. The molecule has 1 amide bonds. The van der Waals surface area contributed by atoms with E-state index in [2.05, 4.69) is 17.1 Å². The Morgan fingerprint density at radius 3 is 2.42 bits per heavy atom. The van der Waals surface area contributed by atoms with Gasteiger partial charge in [0.1, 0.15) is 0 Å². The normalized spacial score (nSPS) is 30.1. The van der Waals surface area contributed by atoms with Gasteiger partial charge in [0.15, 0.2) is 9.84 Å². The molecule has 1 N–H and O–H groups in total. The molecule has 2 fully saturated rings. The molecule has 2 aliphatic rings. The van der Waals surface area contributed by atoms with Crippen LogP contribution in [0.5, 0.6) is 0 Å². The second-order valence-electron chi connectivity index (χ2n) is 6.00. The van der Waals surface area contributed by atoms with Gasteiger partial charge in [0.05, 0.1) is 17.5 Å². The predicted octanol–water partition coefficient (Wildman–Crippen LogP) is 0.410. The van der Waals surface area contributed by atoms with Crippen LogP contribution < -0.4 is 5.32 Å². The van der Waals surface area contributed by atoms with Crippen molar-refractivity contribution in [3.63, 3.8) is 0 Å². The fourth-order valence-electron chi connectivity index (χ4n) is 2.81. The fourth-order valence-corrected chi connectivity index (χ4v) is 4.49. The molecule has 0 aromatic carbocycles. The van der Waals surface area contributed by atoms with Crippen LogP contribution in [0.15, 0.2) is 0 Å². The number of nitrogens with one attached hydrogen (secondary N) is 1. The number of rotatable bonds is 3. The lowest BCUT2D eigenvalue weighted by Gasteiger charge is -2.34. The van der Waals surface area contributed by atoms with Crippen LogP contribution in [-0.2, 0) is 14.6 Å². The van der Waals surface area contributed by atoms with Gasteiger partial charge in [0.25, 0.3) is 0 Å². The van der Waals surface area contributed by atoms with E-state index in [9.17, 15) is 13.2 Å². The van der Waals surface area contributed by atoms with Gasteiger partial charge in [-0.05, 0) is 45.2 Å². The Morgan fingerprint density at radius 2 is 1.89 bits per heavy atom. The van der Waals surface area contributed by atoms with Crippen molar-refractivity contribution in [1.82, 2.24) is 10.2 Å². The summed E-state index contributed by atoms with van der Waals surface area (Å²) < 4.78 is 22.7. The number of sulfone groups is 1. The monoisotopic (exact) mass is 288 g/mol. The molecule has 0 spiro atoms. The van der Waals surface area contributed by atoms with Crippen molar-refractivity contribution < 1.29 is 13.2 Å². The van der Waals surface area contributed by atoms with Gasteiger partial charge in [-0.15, -0.1) is 0 Å². The van der Waals surface area contributed by atoms with Crippen molar-refractivity contribution in [3.05, 3.63) is 0 Å². The number of likely N-dealkylation sites (tertiary alicyclic amines) is 1. The van der Waals surface area contributed by atoms with Gasteiger partial charge < -0.3 is 5.32 Å². The van der Waals surface area contributed by atoms with Crippen molar-refractivity contribution >= 4 is 15.7 Å². The highest BCUT2D eigenvalue weighted by Crippen LogP contribution is 2.18. The van der Waals surface area contributed by atoms with Gasteiger partial charge in [-0.3, -0.25) is 9.69 Å². The van der Waals surface area contributed by atoms with Crippen LogP contribution in [0.1, 0.15) is 33.1 Å². The van der Waals surface area contributed by atoms with Crippen LogP contribution >= 0.6 is 0 Å². The second kappa shape index (κ2) is 5.79. The lowest BCUT2D eigenvalue weighted by molar-refractivity contribution is -0.127. The highest BCUT2D eigenvalue weighted by molar-refractivity contribution is 7.91. The first kappa shape index (κ1) is 14.8. The lowest BCUT2D eigenvalue weighted by Crippen LogP contribution is -2.50. The van der Waals surface area contributed by atoms with Gasteiger partial charge in [-0.1, -0.05) is 6.92 Å². The van der Waals surface area contributed by atoms with Gasteiger partial charge in [0, 0.05) is 6.04 Å². The molecule has 2 atom stereocenters. The Morgan fingerprint density at radius 1 is 1.26 bits per heavy atom. The summed E-state index contributed by atoms with van der Waals surface area (Å²) in [5.74, 6) is 1.01. The molecule has 0 radical (unpaired) electrons. The molecule has 6 heteroatoms. The molecule has 2 rings (SSSR count). The molecule has 2 heterocycles. The van der Waals surface area contributed by atoms with E-state index in [0.29, 0.717) is 6.42 Å². The zero-order chi connectivity index (χ0) is 14.0. The molecular formula is C13H24N2O3S.